The Morgan fingerprint density at radius 1 is 1.09 bits per heavy atom. The number of ether oxygens (including phenoxy) is 1. The highest BCUT2D eigenvalue weighted by molar-refractivity contribution is 7.89. The molecule has 1 heterocycles. The van der Waals surface area contributed by atoms with E-state index in [4.69, 9.17) is 4.74 Å². The van der Waals surface area contributed by atoms with Gasteiger partial charge in [0, 0.05) is 13.1 Å². The van der Waals surface area contributed by atoms with Crippen molar-refractivity contribution in [2.24, 2.45) is 0 Å². The third-order valence-electron chi connectivity index (χ3n) is 3.86. The van der Waals surface area contributed by atoms with Gasteiger partial charge in [-0.05, 0) is 57.1 Å². The molecule has 1 N–H and O–H groups in total. The maximum Gasteiger partial charge on any atom is 0.240 e. The molecule has 0 atom stereocenters. The van der Waals surface area contributed by atoms with Crippen LogP contribution in [0.15, 0.2) is 29.2 Å². The van der Waals surface area contributed by atoms with Crippen LogP contribution in [0.5, 0.6) is 5.75 Å². The first-order valence-corrected chi connectivity index (χ1v) is 9.55. The summed E-state index contributed by atoms with van der Waals surface area (Å²) in [4.78, 5) is 2.63. The maximum atomic E-state index is 12.2. The van der Waals surface area contributed by atoms with Crippen molar-refractivity contribution in [1.29, 1.82) is 0 Å². The number of hydrogen-bond donors (Lipinski definition) is 1. The van der Waals surface area contributed by atoms with Crippen LogP contribution >= 0.6 is 0 Å². The molecule has 5 nitrogen and oxygen atoms in total. The molecule has 1 aromatic rings. The molecule has 0 amide bonds. The smallest absolute Gasteiger partial charge is 0.240 e. The minimum atomic E-state index is -3.43. The summed E-state index contributed by atoms with van der Waals surface area (Å²) in [5.74, 6) is 0.686. The first-order chi connectivity index (χ1) is 10.6. The number of hydrogen-bond acceptors (Lipinski definition) is 4. The number of nitrogens with zero attached hydrogens (tertiary/aromatic N) is 1. The van der Waals surface area contributed by atoms with E-state index in [1.165, 1.54) is 25.7 Å². The van der Waals surface area contributed by atoms with Crippen LogP contribution in [0.1, 0.15) is 32.6 Å². The Hall–Kier alpha value is -1.11. The Morgan fingerprint density at radius 3 is 2.32 bits per heavy atom. The molecule has 2 rings (SSSR count). The molecule has 0 saturated carbocycles. The molecule has 1 aliphatic rings. The lowest BCUT2D eigenvalue weighted by Gasteiger charge is -2.19. The Labute approximate surface area is 133 Å². The summed E-state index contributed by atoms with van der Waals surface area (Å²) in [6.45, 7) is 5.84. The standard InChI is InChI=1S/C16H26N2O3S/c1-2-21-15-7-9-16(10-8-15)22(19,20)17-11-14-18-12-5-3-4-6-13-18/h7-10,17H,2-6,11-14H2,1H3. The lowest BCUT2D eigenvalue weighted by Crippen LogP contribution is -2.35. The first-order valence-electron chi connectivity index (χ1n) is 8.07. The Kier molecular flexibility index (Phi) is 6.67. The number of nitrogens with one attached hydrogen (secondary N) is 1. The van der Waals surface area contributed by atoms with Crippen molar-refractivity contribution in [3.05, 3.63) is 24.3 Å². The molecule has 0 unspecified atom stereocenters. The van der Waals surface area contributed by atoms with Gasteiger partial charge >= 0.3 is 0 Å². The second-order valence-electron chi connectivity index (χ2n) is 5.56. The van der Waals surface area contributed by atoms with Gasteiger partial charge in [-0.3, -0.25) is 0 Å². The van der Waals surface area contributed by atoms with E-state index < -0.39 is 10.0 Å². The molecule has 22 heavy (non-hydrogen) atoms. The molecule has 0 aromatic heterocycles. The van der Waals surface area contributed by atoms with Crippen molar-refractivity contribution in [2.45, 2.75) is 37.5 Å². The van der Waals surface area contributed by atoms with Crippen LogP contribution in [0.4, 0.5) is 0 Å². The van der Waals surface area contributed by atoms with Crippen LogP contribution in [0.3, 0.4) is 0 Å². The second-order valence-corrected chi connectivity index (χ2v) is 7.32. The van der Waals surface area contributed by atoms with Crippen molar-refractivity contribution in [2.75, 3.05) is 32.8 Å². The highest BCUT2D eigenvalue weighted by atomic mass is 32.2. The number of likely N-dealkylation sites (tertiary alicyclic amines) is 1. The van der Waals surface area contributed by atoms with Crippen LogP contribution in [0, 0.1) is 0 Å². The minimum Gasteiger partial charge on any atom is -0.494 e. The van der Waals surface area contributed by atoms with Gasteiger partial charge in [0.1, 0.15) is 5.75 Å². The molecule has 124 valence electrons. The number of benzene rings is 1. The molecule has 1 aliphatic heterocycles. The van der Waals surface area contributed by atoms with Crippen LogP contribution in [0.2, 0.25) is 0 Å². The third-order valence-corrected chi connectivity index (χ3v) is 5.34. The van der Waals surface area contributed by atoms with E-state index >= 15 is 0 Å². The minimum absolute atomic E-state index is 0.284. The molecular formula is C16H26N2O3S. The summed E-state index contributed by atoms with van der Waals surface area (Å²) in [5, 5.41) is 0. The summed E-state index contributed by atoms with van der Waals surface area (Å²) in [6, 6.07) is 6.54. The van der Waals surface area contributed by atoms with E-state index in [0.29, 0.717) is 18.9 Å². The summed E-state index contributed by atoms with van der Waals surface area (Å²) in [7, 11) is -3.43. The van der Waals surface area contributed by atoms with Crippen LogP contribution in [-0.2, 0) is 10.0 Å². The number of rotatable bonds is 7. The van der Waals surface area contributed by atoms with Crippen LogP contribution in [-0.4, -0.2) is 46.1 Å². The zero-order chi connectivity index (χ0) is 15.8. The van der Waals surface area contributed by atoms with E-state index in [9.17, 15) is 8.42 Å². The van der Waals surface area contributed by atoms with Gasteiger partial charge in [0.05, 0.1) is 11.5 Å². The zero-order valence-corrected chi connectivity index (χ0v) is 14.1. The average molecular weight is 326 g/mol. The third kappa shape index (κ3) is 5.26. The topological polar surface area (TPSA) is 58.6 Å². The molecule has 1 fully saturated rings. The highest BCUT2D eigenvalue weighted by Crippen LogP contribution is 2.15. The molecule has 1 aromatic carbocycles. The van der Waals surface area contributed by atoms with E-state index in [1.54, 1.807) is 24.3 Å². The highest BCUT2D eigenvalue weighted by Gasteiger charge is 2.15. The molecule has 0 aliphatic carbocycles. The molecule has 6 heteroatoms. The van der Waals surface area contributed by atoms with Crippen molar-refractivity contribution < 1.29 is 13.2 Å². The van der Waals surface area contributed by atoms with Crippen molar-refractivity contribution in [3.63, 3.8) is 0 Å². The first kappa shape index (κ1) is 17.2. The normalized spacial score (nSPS) is 17.1. The van der Waals surface area contributed by atoms with Gasteiger partial charge in [-0.2, -0.15) is 0 Å². The molecule has 0 spiro atoms. The fourth-order valence-corrected chi connectivity index (χ4v) is 3.68. The molecular weight excluding hydrogens is 300 g/mol. The quantitative estimate of drug-likeness (QED) is 0.835. The predicted octanol–water partition coefficient (Wildman–Crippen LogP) is 2.24. The van der Waals surface area contributed by atoms with Gasteiger partial charge in [-0.25, -0.2) is 13.1 Å². The lowest BCUT2D eigenvalue weighted by molar-refractivity contribution is 0.290. The monoisotopic (exact) mass is 326 g/mol. The van der Waals surface area contributed by atoms with Gasteiger partial charge in [-0.15, -0.1) is 0 Å². The summed E-state index contributed by atoms with van der Waals surface area (Å²) in [5.41, 5.74) is 0. The average Bonchev–Trinajstić information content (AvgIpc) is 2.77. The fourth-order valence-electron chi connectivity index (χ4n) is 2.66. The predicted molar refractivity (Wildman–Crippen MR) is 87.7 cm³/mol. The van der Waals surface area contributed by atoms with E-state index in [1.807, 2.05) is 6.92 Å². The summed E-state index contributed by atoms with van der Waals surface area (Å²) in [6.07, 6.45) is 5.00. The maximum absolute atomic E-state index is 12.2. The SMILES string of the molecule is CCOc1ccc(S(=O)(=O)NCCN2CCCCCC2)cc1. The summed E-state index contributed by atoms with van der Waals surface area (Å²) >= 11 is 0. The number of sulfonamides is 1. The van der Waals surface area contributed by atoms with Gasteiger partial charge in [-0.1, -0.05) is 12.8 Å². The van der Waals surface area contributed by atoms with E-state index in [0.717, 1.165) is 19.6 Å². The fraction of sp³-hybridized carbons (Fsp3) is 0.625. The Balaban J connectivity index is 1.84. The van der Waals surface area contributed by atoms with Crippen LogP contribution < -0.4 is 9.46 Å². The largest absolute Gasteiger partial charge is 0.494 e. The van der Waals surface area contributed by atoms with Crippen LogP contribution in [0.25, 0.3) is 0 Å². The van der Waals surface area contributed by atoms with E-state index in [2.05, 4.69) is 9.62 Å². The van der Waals surface area contributed by atoms with E-state index in [-0.39, 0.29) is 4.90 Å². The van der Waals surface area contributed by atoms with Gasteiger partial charge in [0.25, 0.3) is 0 Å². The van der Waals surface area contributed by atoms with Gasteiger partial charge in [0.2, 0.25) is 10.0 Å². The lowest BCUT2D eigenvalue weighted by atomic mass is 10.2. The van der Waals surface area contributed by atoms with Gasteiger partial charge in [0.15, 0.2) is 0 Å². The molecule has 0 bridgehead atoms. The zero-order valence-electron chi connectivity index (χ0n) is 13.3. The van der Waals surface area contributed by atoms with Crippen molar-refractivity contribution >= 4 is 10.0 Å². The van der Waals surface area contributed by atoms with Gasteiger partial charge < -0.3 is 9.64 Å². The van der Waals surface area contributed by atoms with Crippen molar-refractivity contribution in [1.82, 2.24) is 9.62 Å². The second kappa shape index (κ2) is 8.50. The Bertz CT molecular complexity index is 535. The van der Waals surface area contributed by atoms with Crippen molar-refractivity contribution in [3.8, 4) is 5.75 Å². The molecule has 0 radical (unpaired) electrons. The summed E-state index contributed by atoms with van der Waals surface area (Å²) < 4.78 is 32.5. The molecule has 1 saturated heterocycles. The Morgan fingerprint density at radius 2 is 1.73 bits per heavy atom.